The van der Waals surface area contributed by atoms with E-state index in [2.05, 4.69) is 45.4 Å². The average molecular weight is 342 g/mol. The van der Waals surface area contributed by atoms with Crippen LogP contribution in [0.4, 0.5) is 11.4 Å². The van der Waals surface area contributed by atoms with E-state index in [1.54, 1.807) is 0 Å². The molecule has 1 heterocycles. The van der Waals surface area contributed by atoms with E-state index in [-0.39, 0.29) is 11.4 Å². The number of anilines is 2. The van der Waals surface area contributed by atoms with Crippen LogP contribution in [0.15, 0.2) is 18.2 Å². The van der Waals surface area contributed by atoms with Crippen molar-refractivity contribution in [1.29, 1.82) is 0 Å². The molecule has 0 unspecified atom stereocenters. The van der Waals surface area contributed by atoms with Gasteiger partial charge in [0.2, 0.25) is 5.91 Å². The SMILES string of the molecule is O=C1CC2(CCCC2)Nc2ccc(I)cc2N1. The molecule has 0 aromatic heterocycles. The first kappa shape index (κ1) is 11.3. The summed E-state index contributed by atoms with van der Waals surface area (Å²) < 4.78 is 1.14. The van der Waals surface area contributed by atoms with Crippen LogP contribution in [0.5, 0.6) is 0 Å². The van der Waals surface area contributed by atoms with Gasteiger partial charge in [-0.15, -0.1) is 0 Å². The number of hydrogen-bond donors (Lipinski definition) is 2. The summed E-state index contributed by atoms with van der Waals surface area (Å²) in [6.45, 7) is 0. The Morgan fingerprint density at radius 1 is 1.18 bits per heavy atom. The standard InChI is InChI=1S/C13H15IN2O/c14-9-3-4-10-11(7-9)15-12(17)8-13(16-10)5-1-2-6-13/h3-4,7,16H,1-2,5-6,8H2,(H,15,17). The number of fused-ring (bicyclic) bond motifs is 1. The molecule has 1 fully saturated rings. The van der Waals surface area contributed by atoms with Crippen LogP contribution in [0, 0.1) is 3.57 Å². The molecule has 1 saturated carbocycles. The molecule has 1 aliphatic heterocycles. The summed E-state index contributed by atoms with van der Waals surface area (Å²) >= 11 is 2.27. The van der Waals surface area contributed by atoms with Gasteiger partial charge in [-0.2, -0.15) is 0 Å². The molecule has 0 saturated heterocycles. The third-order valence-electron chi connectivity index (χ3n) is 3.72. The summed E-state index contributed by atoms with van der Waals surface area (Å²) in [5.74, 6) is 0.139. The highest BCUT2D eigenvalue weighted by Crippen LogP contribution is 2.40. The highest BCUT2D eigenvalue weighted by Gasteiger charge is 2.38. The fourth-order valence-electron chi connectivity index (χ4n) is 2.91. The molecule has 0 atom stereocenters. The number of carbonyl (C=O) groups excluding carboxylic acids is 1. The third-order valence-corrected chi connectivity index (χ3v) is 4.39. The maximum atomic E-state index is 12.0. The van der Waals surface area contributed by atoms with Crippen molar-refractivity contribution in [2.75, 3.05) is 10.6 Å². The van der Waals surface area contributed by atoms with Crippen LogP contribution in [0.1, 0.15) is 32.1 Å². The molecule has 4 heteroatoms. The summed E-state index contributed by atoms with van der Waals surface area (Å²) in [6.07, 6.45) is 5.25. The lowest BCUT2D eigenvalue weighted by molar-refractivity contribution is -0.117. The minimum absolute atomic E-state index is 0.00211. The molecular weight excluding hydrogens is 327 g/mol. The number of hydrogen-bond acceptors (Lipinski definition) is 2. The highest BCUT2D eigenvalue weighted by atomic mass is 127. The molecule has 90 valence electrons. The number of nitrogens with one attached hydrogen (secondary N) is 2. The molecule has 2 N–H and O–H groups in total. The quantitative estimate of drug-likeness (QED) is 0.710. The van der Waals surface area contributed by atoms with E-state index in [0.29, 0.717) is 6.42 Å². The average Bonchev–Trinajstić information content (AvgIpc) is 2.64. The minimum Gasteiger partial charge on any atom is -0.377 e. The Morgan fingerprint density at radius 2 is 1.94 bits per heavy atom. The van der Waals surface area contributed by atoms with Gasteiger partial charge in [0.25, 0.3) is 0 Å². The van der Waals surface area contributed by atoms with Gasteiger partial charge in [0.05, 0.1) is 11.4 Å². The van der Waals surface area contributed by atoms with Gasteiger partial charge in [0.1, 0.15) is 0 Å². The van der Waals surface area contributed by atoms with E-state index >= 15 is 0 Å². The van der Waals surface area contributed by atoms with E-state index in [9.17, 15) is 4.79 Å². The Labute approximate surface area is 114 Å². The second-order valence-corrected chi connectivity index (χ2v) is 6.27. The molecule has 2 aliphatic rings. The zero-order valence-corrected chi connectivity index (χ0v) is 11.7. The fourth-order valence-corrected chi connectivity index (χ4v) is 3.41. The van der Waals surface area contributed by atoms with Crippen LogP contribution in [0.25, 0.3) is 0 Å². The first-order valence-corrected chi connectivity index (χ1v) is 7.12. The van der Waals surface area contributed by atoms with Crippen molar-refractivity contribution < 1.29 is 4.79 Å². The lowest BCUT2D eigenvalue weighted by atomic mass is 9.93. The van der Waals surface area contributed by atoms with Crippen LogP contribution in [-0.4, -0.2) is 11.4 Å². The molecule has 3 rings (SSSR count). The van der Waals surface area contributed by atoms with E-state index in [0.717, 1.165) is 27.8 Å². The molecule has 3 nitrogen and oxygen atoms in total. The van der Waals surface area contributed by atoms with E-state index < -0.39 is 0 Å². The normalized spacial score (nSPS) is 21.6. The lowest BCUT2D eigenvalue weighted by Crippen LogP contribution is -2.36. The van der Waals surface area contributed by atoms with Crippen LogP contribution in [0.2, 0.25) is 0 Å². The van der Waals surface area contributed by atoms with Crippen molar-refractivity contribution in [1.82, 2.24) is 0 Å². The number of amides is 1. The Hall–Kier alpha value is -0.780. The summed E-state index contributed by atoms with van der Waals surface area (Å²) in [4.78, 5) is 12.0. The van der Waals surface area contributed by atoms with Gasteiger partial charge in [-0.3, -0.25) is 4.79 Å². The summed E-state index contributed by atoms with van der Waals surface area (Å²) in [5, 5.41) is 6.61. The van der Waals surface area contributed by atoms with Crippen LogP contribution in [0.3, 0.4) is 0 Å². The zero-order valence-electron chi connectivity index (χ0n) is 9.55. The molecular formula is C13H15IN2O. The number of rotatable bonds is 0. The van der Waals surface area contributed by atoms with E-state index in [4.69, 9.17) is 0 Å². The predicted molar refractivity (Wildman–Crippen MR) is 77.2 cm³/mol. The molecule has 1 aromatic rings. The molecule has 1 aliphatic carbocycles. The van der Waals surface area contributed by atoms with Crippen molar-refractivity contribution in [2.24, 2.45) is 0 Å². The second kappa shape index (κ2) is 4.15. The molecule has 17 heavy (non-hydrogen) atoms. The van der Waals surface area contributed by atoms with Gasteiger partial charge in [0.15, 0.2) is 0 Å². The Bertz CT molecular complexity index is 466. The summed E-state index contributed by atoms with van der Waals surface area (Å²) in [7, 11) is 0. The van der Waals surface area contributed by atoms with Gasteiger partial charge in [-0.25, -0.2) is 0 Å². The van der Waals surface area contributed by atoms with Crippen LogP contribution < -0.4 is 10.6 Å². The molecule has 0 radical (unpaired) electrons. The largest absolute Gasteiger partial charge is 0.377 e. The van der Waals surface area contributed by atoms with Gasteiger partial charge in [-0.05, 0) is 53.6 Å². The Morgan fingerprint density at radius 3 is 2.71 bits per heavy atom. The topological polar surface area (TPSA) is 41.1 Å². The molecule has 0 bridgehead atoms. The van der Waals surface area contributed by atoms with Gasteiger partial charge < -0.3 is 10.6 Å². The first-order chi connectivity index (χ1) is 8.17. The number of carbonyl (C=O) groups is 1. The van der Waals surface area contributed by atoms with Crippen molar-refractivity contribution >= 4 is 39.9 Å². The van der Waals surface area contributed by atoms with Crippen molar-refractivity contribution in [2.45, 2.75) is 37.6 Å². The second-order valence-electron chi connectivity index (χ2n) is 5.03. The minimum atomic E-state index is 0.00211. The third kappa shape index (κ3) is 2.14. The van der Waals surface area contributed by atoms with Gasteiger partial charge >= 0.3 is 0 Å². The molecule has 1 aromatic carbocycles. The Balaban J connectivity index is 2.01. The monoisotopic (exact) mass is 342 g/mol. The van der Waals surface area contributed by atoms with E-state index in [1.807, 2.05) is 6.07 Å². The summed E-state index contributed by atoms with van der Waals surface area (Å²) in [6, 6.07) is 6.17. The van der Waals surface area contributed by atoms with Crippen molar-refractivity contribution in [3.05, 3.63) is 21.8 Å². The van der Waals surface area contributed by atoms with Crippen LogP contribution >= 0.6 is 22.6 Å². The maximum Gasteiger partial charge on any atom is 0.226 e. The van der Waals surface area contributed by atoms with Gasteiger partial charge in [-0.1, -0.05) is 12.8 Å². The number of halogens is 1. The maximum absolute atomic E-state index is 12.0. The lowest BCUT2D eigenvalue weighted by Gasteiger charge is -2.28. The molecule has 1 spiro atoms. The van der Waals surface area contributed by atoms with Crippen molar-refractivity contribution in [3.63, 3.8) is 0 Å². The van der Waals surface area contributed by atoms with Crippen LogP contribution in [-0.2, 0) is 4.79 Å². The molecule has 1 amide bonds. The van der Waals surface area contributed by atoms with E-state index in [1.165, 1.54) is 12.8 Å². The first-order valence-electron chi connectivity index (χ1n) is 6.05. The highest BCUT2D eigenvalue weighted by molar-refractivity contribution is 14.1. The zero-order chi connectivity index (χ0) is 11.9. The predicted octanol–water partition coefficient (Wildman–Crippen LogP) is 3.36. The number of benzene rings is 1. The smallest absolute Gasteiger partial charge is 0.226 e. The van der Waals surface area contributed by atoms with Crippen molar-refractivity contribution in [3.8, 4) is 0 Å². The van der Waals surface area contributed by atoms with Gasteiger partial charge in [0, 0.05) is 15.5 Å². The fraction of sp³-hybridized carbons (Fsp3) is 0.462. The Kier molecular flexibility index (Phi) is 2.77. The summed E-state index contributed by atoms with van der Waals surface area (Å²) in [5.41, 5.74) is 1.99.